The number of aromatic nitrogens is 2. The van der Waals surface area contributed by atoms with Crippen molar-refractivity contribution < 1.29 is 27.8 Å². The van der Waals surface area contributed by atoms with Crippen molar-refractivity contribution in [1.29, 1.82) is 0 Å². The highest BCUT2D eigenvalue weighted by atomic mass is 32.2. The minimum absolute atomic E-state index is 0.154. The number of pyridine rings is 1. The Kier molecular flexibility index (Phi) is 6.82. The summed E-state index contributed by atoms with van der Waals surface area (Å²) in [4.78, 5) is 9.16. The van der Waals surface area contributed by atoms with Gasteiger partial charge < -0.3 is 24.3 Å². The van der Waals surface area contributed by atoms with Crippen LogP contribution >= 0.6 is 11.8 Å². The highest BCUT2D eigenvalue weighted by molar-refractivity contribution is 8.03. The van der Waals surface area contributed by atoms with Gasteiger partial charge in [-0.25, -0.2) is 4.98 Å². The van der Waals surface area contributed by atoms with Gasteiger partial charge >= 0.3 is 6.61 Å². The maximum absolute atomic E-state index is 12.4. The topological polar surface area (TPSA) is 89.6 Å². The molecule has 32 heavy (non-hydrogen) atoms. The van der Waals surface area contributed by atoms with Gasteiger partial charge in [-0.2, -0.15) is 8.78 Å². The molecule has 0 radical (unpaired) electrons. The van der Waals surface area contributed by atoms with Gasteiger partial charge in [0.1, 0.15) is 17.1 Å². The number of oxazole rings is 1. The van der Waals surface area contributed by atoms with Crippen molar-refractivity contribution in [3.8, 4) is 11.3 Å². The predicted molar refractivity (Wildman–Crippen MR) is 115 cm³/mol. The number of hydrogen-bond acceptors (Lipinski definition) is 8. The van der Waals surface area contributed by atoms with Crippen LogP contribution in [-0.2, 0) is 15.1 Å². The molecule has 2 aromatic heterocycles. The minimum atomic E-state index is -2.85. The van der Waals surface area contributed by atoms with E-state index in [0.717, 1.165) is 23.4 Å². The summed E-state index contributed by atoms with van der Waals surface area (Å²) < 4.78 is 40.9. The number of dihydropyridines is 1. The summed E-state index contributed by atoms with van der Waals surface area (Å²) in [5.41, 5.74) is 0.912. The van der Waals surface area contributed by atoms with Crippen molar-refractivity contribution in [3.63, 3.8) is 0 Å². The molecule has 0 atom stereocenters. The molecule has 0 unspecified atom stereocenters. The maximum Gasteiger partial charge on any atom is 0.387 e. The summed E-state index contributed by atoms with van der Waals surface area (Å²) in [5, 5.41) is 14.5. The molecule has 10 heteroatoms. The van der Waals surface area contributed by atoms with Crippen LogP contribution in [0.15, 0.2) is 50.8 Å². The molecule has 0 aromatic carbocycles. The van der Waals surface area contributed by atoms with Crippen molar-refractivity contribution in [2.24, 2.45) is 0 Å². The van der Waals surface area contributed by atoms with E-state index < -0.39 is 12.2 Å². The molecular formula is C22H25F2N3O4S. The number of aliphatic hydroxyl groups is 1. The van der Waals surface area contributed by atoms with Crippen molar-refractivity contribution in [2.75, 3.05) is 19.8 Å². The zero-order chi connectivity index (χ0) is 22.7. The fourth-order valence-corrected chi connectivity index (χ4v) is 4.28. The van der Waals surface area contributed by atoms with Gasteiger partial charge in [-0.15, -0.1) is 0 Å². The summed E-state index contributed by atoms with van der Waals surface area (Å²) in [7, 11) is 0. The number of halogens is 2. The third-order valence-corrected chi connectivity index (χ3v) is 6.11. The van der Waals surface area contributed by atoms with Gasteiger partial charge in [0.15, 0.2) is 11.0 Å². The van der Waals surface area contributed by atoms with Crippen molar-refractivity contribution in [3.05, 3.63) is 52.9 Å². The molecule has 2 aliphatic rings. The van der Waals surface area contributed by atoms with Gasteiger partial charge in [0.2, 0.25) is 0 Å². The van der Waals surface area contributed by atoms with E-state index in [-0.39, 0.29) is 18.2 Å². The highest BCUT2D eigenvalue weighted by Gasteiger charge is 2.26. The van der Waals surface area contributed by atoms with Crippen LogP contribution in [0, 0.1) is 0 Å². The van der Waals surface area contributed by atoms with Crippen LogP contribution in [0.3, 0.4) is 0 Å². The second kappa shape index (κ2) is 9.60. The number of nitrogens with one attached hydrogen (secondary N) is 1. The molecule has 2 N–H and O–H groups in total. The first kappa shape index (κ1) is 22.8. The van der Waals surface area contributed by atoms with Crippen LogP contribution in [0.2, 0.25) is 0 Å². The maximum atomic E-state index is 12.4. The van der Waals surface area contributed by atoms with E-state index in [1.807, 2.05) is 6.07 Å². The van der Waals surface area contributed by atoms with Crippen LogP contribution in [0.25, 0.3) is 11.3 Å². The monoisotopic (exact) mass is 465 g/mol. The van der Waals surface area contributed by atoms with Crippen LogP contribution in [0.4, 0.5) is 8.78 Å². The molecule has 172 valence electrons. The van der Waals surface area contributed by atoms with Gasteiger partial charge in [-0.1, -0.05) is 0 Å². The molecule has 0 saturated carbocycles. The highest BCUT2D eigenvalue weighted by Crippen LogP contribution is 2.39. The van der Waals surface area contributed by atoms with Gasteiger partial charge in [0.05, 0.1) is 17.3 Å². The minimum Gasteiger partial charge on any atom is -0.437 e. The molecule has 0 amide bonds. The number of alkyl halides is 2. The fraction of sp³-hybridized carbons (Fsp3) is 0.455. The Bertz CT molecular complexity index is 994. The average molecular weight is 466 g/mol. The zero-order valence-corrected chi connectivity index (χ0v) is 18.6. The first-order valence-electron chi connectivity index (χ1n) is 10.3. The Hall–Kier alpha value is -2.43. The Labute approximate surface area is 188 Å². The number of ether oxygens (including phenoxy) is 2. The van der Waals surface area contributed by atoms with Crippen molar-refractivity contribution >= 4 is 11.8 Å². The van der Waals surface area contributed by atoms with Gasteiger partial charge in [-0.3, -0.25) is 4.98 Å². The number of rotatable bonds is 7. The second-order valence-electron chi connectivity index (χ2n) is 8.06. The van der Waals surface area contributed by atoms with Gasteiger partial charge in [0, 0.05) is 30.9 Å². The Morgan fingerprint density at radius 2 is 2.03 bits per heavy atom. The summed E-state index contributed by atoms with van der Waals surface area (Å²) in [6.07, 6.45) is 6.51. The van der Waals surface area contributed by atoms with Crippen LogP contribution in [0.5, 0.6) is 0 Å². The number of hydrogen-bond donors (Lipinski definition) is 2. The molecule has 1 fully saturated rings. The van der Waals surface area contributed by atoms with Crippen molar-refractivity contribution in [2.45, 2.75) is 49.9 Å². The molecule has 0 bridgehead atoms. The van der Waals surface area contributed by atoms with E-state index in [2.05, 4.69) is 15.0 Å². The lowest BCUT2D eigenvalue weighted by molar-refractivity contribution is -0.0971. The first-order chi connectivity index (χ1) is 15.3. The third-order valence-electron chi connectivity index (χ3n) is 5.15. The Morgan fingerprint density at radius 1 is 1.25 bits per heavy atom. The lowest BCUT2D eigenvalue weighted by Crippen LogP contribution is -2.20. The predicted octanol–water partition coefficient (Wildman–Crippen LogP) is 4.52. The van der Waals surface area contributed by atoms with E-state index in [4.69, 9.17) is 14.1 Å². The summed E-state index contributed by atoms with van der Waals surface area (Å²) in [6, 6.07) is 3.62. The number of allylic oxidation sites excluding steroid dienone is 2. The fourth-order valence-electron chi connectivity index (χ4n) is 3.41. The van der Waals surface area contributed by atoms with Gasteiger partial charge in [0.25, 0.3) is 0 Å². The average Bonchev–Trinajstić information content (AvgIpc) is 3.19. The quantitative estimate of drug-likeness (QED) is 0.617. The first-order valence-corrected chi connectivity index (χ1v) is 11.2. The number of thioether (sulfide) groups is 1. The number of nitrogens with zero attached hydrogens (tertiary/aromatic N) is 2. The zero-order valence-electron chi connectivity index (χ0n) is 17.8. The molecule has 4 heterocycles. The van der Waals surface area contributed by atoms with E-state index >= 15 is 0 Å². The van der Waals surface area contributed by atoms with Crippen molar-refractivity contribution in [1.82, 2.24) is 15.3 Å². The summed E-state index contributed by atoms with van der Waals surface area (Å²) in [5.74, 6) is 0.974. The van der Waals surface area contributed by atoms with Crippen LogP contribution in [-0.4, -0.2) is 41.4 Å². The van der Waals surface area contributed by atoms with E-state index in [1.54, 1.807) is 32.2 Å². The Morgan fingerprint density at radius 3 is 2.62 bits per heavy atom. The summed E-state index contributed by atoms with van der Waals surface area (Å²) in [6.45, 7) is 1.98. The molecule has 7 nitrogen and oxygen atoms in total. The molecule has 0 aliphatic carbocycles. The lowest BCUT2D eigenvalue weighted by Gasteiger charge is -2.18. The smallest absolute Gasteiger partial charge is 0.387 e. The molecular weight excluding hydrogens is 440 g/mol. The normalized spacial score (nSPS) is 17.7. The molecule has 4 rings (SSSR count). The Balaban J connectivity index is 1.62. The molecule has 2 aromatic rings. The van der Waals surface area contributed by atoms with Crippen LogP contribution < -0.4 is 5.32 Å². The molecule has 2 aliphatic heterocycles. The second-order valence-corrected chi connectivity index (χ2v) is 9.08. The van der Waals surface area contributed by atoms with E-state index in [1.165, 1.54) is 17.8 Å². The summed E-state index contributed by atoms with van der Waals surface area (Å²) >= 11 is 1.33. The standard InChI is InChI=1S/C22H25F2N3O4S/c1-22(2,28)16-5-3-14(11-25-16)18-20(31-19(27-18)13-7-9-29-10-8-13)32-17-6-4-15(12-26-17)30-21(23)24/h3-6,11,13,21,26,28H,7-10,12H2,1-2H3. The molecule has 1 saturated heterocycles. The van der Waals surface area contributed by atoms with E-state index in [0.29, 0.717) is 35.6 Å². The SMILES string of the molecule is CC(C)(O)c1ccc(-c2nc(C3CCOCC3)oc2SC2=CC=C(OC(F)F)CN2)cn1. The van der Waals surface area contributed by atoms with Crippen LogP contribution in [0.1, 0.15) is 44.2 Å². The largest absolute Gasteiger partial charge is 0.437 e. The van der Waals surface area contributed by atoms with Gasteiger partial charge in [-0.05, 0) is 62.7 Å². The van der Waals surface area contributed by atoms with E-state index in [9.17, 15) is 13.9 Å². The molecule has 0 spiro atoms. The third kappa shape index (κ3) is 5.48. The lowest BCUT2D eigenvalue weighted by atomic mass is 10.0.